The summed E-state index contributed by atoms with van der Waals surface area (Å²) in [7, 11) is 0. The fourth-order valence-electron chi connectivity index (χ4n) is 2.82. The highest BCUT2D eigenvalue weighted by atomic mass is 35.5. The number of hydrogen-bond donors (Lipinski definition) is 1. The lowest BCUT2D eigenvalue weighted by Gasteiger charge is -2.25. The molecule has 0 spiro atoms. The third-order valence-corrected chi connectivity index (χ3v) is 6.22. The zero-order chi connectivity index (χ0) is 19.5. The molecule has 0 aliphatic heterocycles. The molecule has 0 unspecified atom stereocenters. The predicted molar refractivity (Wildman–Crippen MR) is 115 cm³/mol. The van der Waals surface area contributed by atoms with Gasteiger partial charge in [-0.15, -0.1) is 11.8 Å². The second-order valence-corrected chi connectivity index (χ2v) is 9.76. The molecule has 0 heterocycles. The summed E-state index contributed by atoms with van der Waals surface area (Å²) in [5, 5.41) is 3.88. The topological polar surface area (TPSA) is 29.1 Å². The first-order chi connectivity index (χ1) is 12.1. The van der Waals surface area contributed by atoms with Crippen LogP contribution in [0.2, 0.25) is 10.0 Å². The summed E-state index contributed by atoms with van der Waals surface area (Å²) in [6, 6.07) is 9.35. The zero-order valence-corrected chi connectivity index (χ0v) is 18.2. The molecule has 0 aliphatic rings. The van der Waals surface area contributed by atoms with E-state index in [9.17, 15) is 4.79 Å². The lowest BCUT2D eigenvalue weighted by molar-refractivity contribution is 0.0951. The Hall–Kier alpha value is -1.16. The highest BCUT2D eigenvalue weighted by molar-refractivity contribution is 7.99. The standard InChI is InChI=1S/C21H25Cl2NOS/c1-13-8-14(2)18(15(3)9-13)11-26-21(4,5)12-24-20(25)17-10-16(22)6-7-19(17)23/h6-10H,11-12H2,1-5H3,(H,24,25). The average Bonchev–Trinajstić information content (AvgIpc) is 2.54. The number of thioether (sulfide) groups is 1. The van der Waals surface area contributed by atoms with E-state index in [1.54, 1.807) is 18.2 Å². The highest BCUT2D eigenvalue weighted by Crippen LogP contribution is 2.31. The van der Waals surface area contributed by atoms with Crippen LogP contribution < -0.4 is 5.32 Å². The van der Waals surface area contributed by atoms with E-state index in [2.05, 4.69) is 52.1 Å². The van der Waals surface area contributed by atoms with Crippen molar-refractivity contribution < 1.29 is 4.79 Å². The van der Waals surface area contributed by atoms with Gasteiger partial charge in [0.05, 0.1) is 10.6 Å². The van der Waals surface area contributed by atoms with Gasteiger partial charge in [0.15, 0.2) is 0 Å². The van der Waals surface area contributed by atoms with Gasteiger partial charge in [0.2, 0.25) is 0 Å². The molecule has 5 heteroatoms. The maximum absolute atomic E-state index is 12.4. The number of amides is 1. The Morgan fingerprint density at radius 2 is 1.69 bits per heavy atom. The summed E-state index contributed by atoms with van der Waals surface area (Å²) in [5.41, 5.74) is 5.71. The van der Waals surface area contributed by atoms with Gasteiger partial charge in [-0.3, -0.25) is 4.79 Å². The number of halogens is 2. The molecule has 2 aromatic carbocycles. The summed E-state index contributed by atoms with van der Waals surface area (Å²) in [6.07, 6.45) is 0. The SMILES string of the molecule is Cc1cc(C)c(CSC(C)(C)CNC(=O)c2cc(Cl)ccc2Cl)c(C)c1. The Morgan fingerprint density at radius 3 is 2.31 bits per heavy atom. The minimum absolute atomic E-state index is 0.107. The maximum Gasteiger partial charge on any atom is 0.252 e. The lowest BCUT2D eigenvalue weighted by atomic mass is 10.0. The molecule has 1 N–H and O–H groups in total. The first kappa shape index (κ1) is 21.1. The molecular formula is C21H25Cl2NOS. The van der Waals surface area contributed by atoms with Crippen molar-refractivity contribution >= 4 is 40.9 Å². The Labute approximate surface area is 170 Å². The second-order valence-electron chi connectivity index (χ2n) is 7.23. The number of aryl methyl sites for hydroxylation is 3. The Kier molecular flexibility index (Phi) is 7.06. The molecule has 26 heavy (non-hydrogen) atoms. The number of rotatable bonds is 6. The van der Waals surface area contributed by atoms with Crippen LogP contribution in [-0.4, -0.2) is 17.2 Å². The van der Waals surface area contributed by atoms with Crippen LogP contribution in [0.15, 0.2) is 30.3 Å². The second kappa shape index (κ2) is 8.69. The van der Waals surface area contributed by atoms with E-state index in [0.717, 1.165) is 5.75 Å². The molecule has 0 aliphatic carbocycles. The summed E-state index contributed by atoms with van der Waals surface area (Å²) >= 11 is 13.9. The zero-order valence-electron chi connectivity index (χ0n) is 15.9. The number of carbonyl (C=O) groups is 1. The fraction of sp³-hybridized carbons (Fsp3) is 0.381. The minimum Gasteiger partial charge on any atom is -0.351 e. The molecule has 2 rings (SSSR count). The monoisotopic (exact) mass is 409 g/mol. The van der Waals surface area contributed by atoms with E-state index in [1.165, 1.54) is 22.3 Å². The summed E-state index contributed by atoms with van der Waals surface area (Å²) in [5.74, 6) is 0.715. The number of hydrogen-bond acceptors (Lipinski definition) is 2. The van der Waals surface area contributed by atoms with Crippen molar-refractivity contribution in [1.29, 1.82) is 0 Å². The highest BCUT2D eigenvalue weighted by Gasteiger charge is 2.21. The fourth-order valence-corrected chi connectivity index (χ4v) is 4.36. The Bertz CT molecular complexity index is 795. The largest absolute Gasteiger partial charge is 0.351 e. The molecule has 2 nitrogen and oxygen atoms in total. The smallest absolute Gasteiger partial charge is 0.252 e. The van der Waals surface area contributed by atoms with Crippen molar-refractivity contribution in [3.05, 3.63) is 68.2 Å². The lowest BCUT2D eigenvalue weighted by Crippen LogP contribution is -2.36. The molecule has 0 fully saturated rings. The summed E-state index contributed by atoms with van der Waals surface area (Å²) in [6.45, 7) is 11.3. The third kappa shape index (κ3) is 5.67. The van der Waals surface area contributed by atoms with Gasteiger partial charge in [-0.05, 0) is 69.5 Å². The van der Waals surface area contributed by atoms with Crippen LogP contribution in [0, 0.1) is 20.8 Å². The van der Waals surface area contributed by atoms with Crippen molar-refractivity contribution in [3.8, 4) is 0 Å². The number of carbonyl (C=O) groups excluding carboxylic acids is 1. The van der Waals surface area contributed by atoms with Gasteiger partial charge in [0.25, 0.3) is 5.91 Å². The normalized spacial score (nSPS) is 11.5. The van der Waals surface area contributed by atoms with E-state index < -0.39 is 0 Å². The van der Waals surface area contributed by atoms with Gasteiger partial charge in [-0.25, -0.2) is 0 Å². The van der Waals surface area contributed by atoms with Crippen molar-refractivity contribution in [1.82, 2.24) is 5.32 Å². The van der Waals surface area contributed by atoms with E-state index in [-0.39, 0.29) is 10.7 Å². The van der Waals surface area contributed by atoms with E-state index >= 15 is 0 Å². The molecule has 0 saturated heterocycles. The molecule has 140 valence electrons. The molecule has 2 aromatic rings. The quantitative estimate of drug-likeness (QED) is 0.600. The van der Waals surface area contributed by atoms with Crippen LogP contribution in [0.5, 0.6) is 0 Å². The van der Waals surface area contributed by atoms with Crippen molar-refractivity contribution in [2.24, 2.45) is 0 Å². The molecule has 1 amide bonds. The molecule has 0 aromatic heterocycles. The predicted octanol–water partition coefficient (Wildman–Crippen LogP) is 6.36. The Balaban J connectivity index is 1.99. The Morgan fingerprint density at radius 1 is 1.08 bits per heavy atom. The molecular weight excluding hydrogens is 385 g/mol. The summed E-state index contributed by atoms with van der Waals surface area (Å²) in [4.78, 5) is 12.4. The van der Waals surface area contributed by atoms with E-state index in [1.807, 2.05) is 11.8 Å². The van der Waals surface area contributed by atoms with Crippen LogP contribution in [0.3, 0.4) is 0 Å². The third-order valence-electron chi connectivity index (χ3n) is 4.30. The first-order valence-electron chi connectivity index (χ1n) is 8.53. The number of nitrogens with one attached hydrogen (secondary N) is 1. The van der Waals surface area contributed by atoms with Gasteiger partial charge < -0.3 is 5.32 Å². The average molecular weight is 410 g/mol. The molecule has 0 bridgehead atoms. The van der Waals surface area contributed by atoms with Gasteiger partial charge in [-0.2, -0.15) is 0 Å². The van der Waals surface area contributed by atoms with Crippen LogP contribution >= 0.6 is 35.0 Å². The molecule has 0 saturated carbocycles. The van der Waals surface area contributed by atoms with Gasteiger partial charge in [0.1, 0.15) is 0 Å². The number of benzene rings is 2. The van der Waals surface area contributed by atoms with Gasteiger partial charge in [-0.1, -0.05) is 40.9 Å². The van der Waals surface area contributed by atoms with Crippen LogP contribution in [0.25, 0.3) is 0 Å². The van der Waals surface area contributed by atoms with Crippen molar-refractivity contribution in [3.63, 3.8) is 0 Å². The minimum atomic E-state index is -0.200. The van der Waals surface area contributed by atoms with Gasteiger partial charge in [0, 0.05) is 22.1 Å². The van der Waals surface area contributed by atoms with E-state index in [0.29, 0.717) is 22.2 Å². The van der Waals surface area contributed by atoms with E-state index in [4.69, 9.17) is 23.2 Å². The van der Waals surface area contributed by atoms with Crippen LogP contribution in [0.1, 0.15) is 46.5 Å². The van der Waals surface area contributed by atoms with Crippen molar-refractivity contribution in [2.45, 2.75) is 45.1 Å². The van der Waals surface area contributed by atoms with Gasteiger partial charge >= 0.3 is 0 Å². The summed E-state index contributed by atoms with van der Waals surface area (Å²) < 4.78 is -0.107. The van der Waals surface area contributed by atoms with Crippen molar-refractivity contribution in [2.75, 3.05) is 6.54 Å². The van der Waals surface area contributed by atoms with Crippen LogP contribution in [-0.2, 0) is 5.75 Å². The molecule has 0 atom stereocenters. The molecule has 0 radical (unpaired) electrons. The maximum atomic E-state index is 12.4. The first-order valence-corrected chi connectivity index (χ1v) is 10.3. The van der Waals surface area contributed by atoms with Crippen LogP contribution in [0.4, 0.5) is 0 Å².